The van der Waals surface area contributed by atoms with Crippen LogP contribution in [-0.4, -0.2) is 35.4 Å². The van der Waals surface area contributed by atoms with Crippen molar-refractivity contribution < 1.29 is 23.5 Å². The summed E-state index contributed by atoms with van der Waals surface area (Å²) in [5, 5.41) is 6.63. The molecule has 1 aromatic heterocycles. The van der Waals surface area contributed by atoms with Crippen LogP contribution in [-0.2, 0) is 16.0 Å². The number of hydrogen-bond donors (Lipinski definition) is 1. The molecule has 0 radical (unpaired) electrons. The number of halogens is 1. The maximum atomic E-state index is 13.2. The van der Waals surface area contributed by atoms with E-state index < -0.39 is 23.3 Å². The topological polar surface area (TPSA) is 99.5 Å². The van der Waals surface area contributed by atoms with Crippen molar-refractivity contribution in [1.82, 2.24) is 9.78 Å². The number of rotatable bonds is 8. The van der Waals surface area contributed by atoms with Gasteiger partial charge in [-0.3, -0.25) is 9.59 Å². The van der Waals surface area contributed by atoms with Gasteiger partial charge in [0.15, 0.2) is 5.69 Å². The van der Waals surface area contributed by atoms with Crippen molar-refractivity contribution >= 4 is 17.6 Å². The lowest BCUT2D eigenvalue weighted by molar-refractivity contribution is -0.116. The number of nitrogens with one attached hydrogen (secondary N) is 1. The lowest BCUT2D eigenvalue weighted by Gasteiger charge is -2.12. The number of aromatic nitrogens is 2. The normalized spacial score (nSPS) is 10.5. The third-order valence-electron chi connectivity index (χ3n) is 4.55. The van der Waals surface area contributed by atoms with Crippen LogP contribution in [0.25, 0.3) is 5.69 Å². The highest BCUT2D eigenvalue weighted by Crippen LogP contribution is 2.16. The Hall–Kier alpha value is -4.01. The van der Waals surface area contributed by atoms with Gasteiger partial charge in [0.2, 0.25) is 5.91 Å². The van der Waals surface area contributed by atoms with E-state index in [2.05, 4.69) is 10.4 Å². The molecule has 0 aliphatic rings. The zero-order valence-electron chi connectivity index (χ0n) is 17.6. The molecule has 1 heterocycles. The van der Waals surface area contributed by atoms with Crippen LogP contribution in [0.15, 0.2) is 59.4 Å². The first-order valence-corrected chi connectivity index (χ1v) is 9.91. The van der Waals surface area contributed by atoms with Crippen LogP contribution in [0.5, 0.6) is 5.75 Å². The van der Waals surface area contributed by atoms with Gasteiger partial charge in [-0.25, -0.2) is 9.18 Å². The Morgan fingerprint density at radius 2 is 1.78 bits per heavy atom. The quantitative estimate of drug-likeness (QED) is 0.542. The number of aryl methyl sites for hydroxylation is 1. The van der Waals surface area contributed by atoms with Crippen LogP contribution < -0.4 is 15.6 Å². The minimum Gasteiger partial charge on any atom is -0.497 e. The van der Waals surface area contributed by atoms with Gasteiger partial charge in [0, 0.05) is 12.5 Å². The lowest BCUT2D eigenvalue weighted by Crippen LogP contribution is -2.27. The molecule has 3 rings (SSSR count). The Morgan fingerprint density at radius 3 is 2.41 bits per heavy atom. The lowest BCUT2D eigenvalue weighted by atomic mass is 10.1. The first-order chi connectivity index (χ1) is 15.4. The van der Waals surface area contributed by atoms with E-state index in [1.807, 2.05) is 12.1 Å². The van der Waals surface area contributed by atoms with Crippen molar-refractivity contribution in [2.24, 2.45) is 0 Å². The molecule has 0 fully saturated rings. The van der Waals surface area contributed by atoms with Gasteiger partial charge < -0.3 is 14.8 Å². The monoisotopic (exact) mass is 439 g/mol. The number of amides is 1. The summed E-state index contributed by atoms with van der Waals surface area (Å²) >= 11 is 0. The number of nitrogens with zero attached hydrogens (tertiary/aromatic N) is 2. The predicted octanol–water partition coefficient (Wildman–Crippen LogP) is 3.13. The van der Waals surface area contributed by atoms with E-state index in [1.54, 1.807) is 26.2 Å². The summed E-state index contributed by atoms with van der Waals surface area (Å²) in [6.07, 6.45) is 0.570. The van der Waals surface area contributed by atoms with Gasteiger partial charge >= 0.3 is 5.97 Å². The number of benzene rings is 2. The van der Waals surface area contributed by atoms with E-state index in [0.717, 1.165) is 16.3 Å². The number of hydrogen-bond acceptors (Lipinski definition) is 6. The van der Waals surface area contributed by atoms with Gasteiger partial charge in [0.1, 0.15) is 11.6 Å². The Kier molecular flexibility index (Phi) is 7.33. The van der Waals surface area contributed by atoms with Crippen LogP contribution in [0.2, 0.25) is 0 Å². The summed E-state index contributed by atoms with van der Waals surface area (Å²) in [5.74, 6) is -0.959. The second kappa shape index (κ2) is 10.3. The fourth-order valence-corrected chi connectivity index (χ4v) is 2.93. The number of anilines is 1. The highest BCUT2D eigenvalue weighted by Gasteiger charge is 2.20. The highest BCUT2D eigenvalue weighted by atomic mass is 19.1. The van der Waals surface area contributed by atoms with Gasteiger partial charge in [0.25, 0.3) is 5.56 Å². The molecule has 3 aromatic rings. The van der Waals surface area contributed by atoms with Crippen LogP contribution in [0.3, 0.4) is 0 Å². The van der Waals surface area contributed by atoms with Crippen molar-refractivity contribution in [3.8, 4) is 11.4 Å². The van der Waals surface area contributed by atoms with Gasteiger partial charge in [-0.05, 0) is 55.3 Å². The van der Waals surface area contributed by atoms with E-state index in [9.17, 15) is 18.8 Å². The summed E-state index contributed by atoms with van der Waals surface area (Å²) < 4.78 is 24.3. The molecule has 0 bridgehead atoms. The summed E-state index contributed by atoms with van der Waals surface area (Å²) in [6.45, 7) is 1.71. The molecule has 2 aromatic carbocycles. The summed E-state index contributed by atoms with van der Waals surface area (Å²) in [6, 6.07) is 13.4. The van der Waals surface area contributed by atoms with Crippen molar-refractivity contribution in [2.75, 3.05) is 19.0 Å². The van der Waals surface area contributed by atoms with Crippen LogP contribution in [0.1, 0.15) is 29.4 Å². The third kappa shape index (κ3) is 5.57. The number of esters is 1. The molecule has 8 nitrogen and oxygen atoms in total. The Bertz CT molecular complexity index is 1160. The SMILES string of the molecule is CCOC(=O)c1nn(-c2ccc(F)cc2)c(=O)cc1NC(=O)CCc1ccc(OC)cc1. The van der Waals surface area contributed by atoms with Crippen molar-refractivity contribution in [2.45, 2.75) is 19.8 Å². The Morgan fingerprint density at radius 1 is 1.09 bits per heavy atom. The van der Waals surface area contributed by atoms with E-state index in [-0.39, 0.29) is 30.1 Å². The summed E-state index contributed by atoms with van der Waals surface area (Å²) in [4.78, 5) is 37.5. The molecule has 32 heavy (non-hydrogen) atoms. The van der Waals surface area contributed by atoms with Gasteiger partial charge in [-0.2, -0.15) is 9.78 Å². The fraction of sp³-hybridized carbons (Fsp3) is 0.217. The molecule has 0 unspecified atom stereocenters. The maximum Gasteiger partial charge on any atom is 0.360 e. The fourth-order valence-electron chi connectivity index (χ4n) is 2.93. The molecule has 166 valence electrons. The van der Waals surface area contributed by atoms with Gasteiger partial charge in [-0.1, -0.05) is 12.1 Å². The van der Waals surface area contributed by atoms with E-state index in [0.29, 0.717) is 12.2 Å². The second-order valence-electron chi connectivity index (χ2n) is 6.75. The van der Waals surface area contributed by atoms with Crippen molar-refractivity contribution in [3.63, 3.8) is 0 Å². The number of ether oxygens (including phenoxy) is 2. The molecule has 0 saturated carbocycles. The molecule has 1 N–H and O–H groups in total. The Balaban J connectivity index is 1.82. The molecule has 0 aliphatic heterocycles. The van der Waals surface area contributed by atoms with Gasteiger partial charge in [-0.15, -0.1) is 0 Å². The maximum absolute atomic E-state index is 13.2. The molecular formula is C23H22FN3O5. The number of carbonyl (C=O) groups excluding carboxylic acids is 2. The van der Waals surface area contributed by atoms with Crippen molar-refractivity contribution in [3.05, 3.63) is 82.0 Å². The zero-order chi connectivity index (χ0) is 23.1. The van der Waals surface area contributed by atoms with Crippen LogP contribution in [0.4, 0.5) is 10.1 Å². The second-order valence-corrected chi connectivity index (χ2v) is 6.75. The molecule has 0 aliphatic carbocycles. The smallest absolute Gasteiger partial charge is 0.360 e. The molecule has 0 saturated heterocycles. The minimum atomic E-state index is -0.797. The third-order valence-corrected chi connectivity index (χ3v) is 4.55. The largest absolute Gasteiger partial charge is 0.497 e. The molecule has 0 atom stereocenters. The van der Waals surface area contributed by atoms with Gasteiger partial charge in [0.05, 0.1) is 25.1 Å². The minimum absolute atomic E-state index is 0.0495. The summed E-state index contributed by atoms with van der Waals surface area (Å²) in [7, 11) is 1.57. The van der Waals surface area contributed by atoms with Crippen LogP contribution in [0, 0.1) is 5.82 Å². The predicted molar refractivity (Wildman–Crippen MR) is 116 cm³/mol. The zero-order valence-corrected chi connectivity index (χ0v) is 17.6. The molecule has 9 heteroatoms. The van der Waals surface area contributed by atoms with Crippen LogP contribution >= 0.6 is 0 Å². The molecular weight excluding hydrogens is 417 g/mol. The molecule has 1 amide bonds. The van der Waals surface area contributed by atoms with E-state index in [4.69, 9.17) is 9.47 Å². The summed E-state index contributed by atoms with van der Waals surface area (Å²) in [5.41, 5.74) is 0.311. The van der Waals surface area contributed by atoms with E-state index in [1.165, 1.54) is 24.3 Å². The number of methoxy groups -OCH3 is 1. The van der Waals surface area contributed by atoms with E-state index >= 15 is 0 Å². The number of carbonyl (C=O) groups is 2. The first kappa shape index (κ1) is 22.7. The average molecular weight is 439 g/mol. The van der Waals surface area contributed by atoms with Crippen molar-refractivity contribution in [1.29, 1.82) is 0 Å². The first-order valence-electron chi connectivity index (χ1n) is 9.91. The highest BCUT2D eigenvalue weighted by molar-refractivity contribution is 5.99. The standard InChI is InChI=1S/C23H22FN3O5/c1-3-32-23(30)22-19(14-21(29)27(26-22)17-9-7-16(24)8-10-17)25-20(28)13-6-15-4-11-18(31-2)12-5-15/h4-5,7-12,14H,3,6,13H2,1-2H3,(H,25,28). The Labute approximate surface area is 183 Å². The average Bonchev–Trinajstić information content (AvgIpc) is 2.79. The molecule has 0 spiro atoms.